The topological polar surface area (TPSA) is 12.0 Å². The van der Waals surface area contributed by atoms with Gasteiger partial charge in [-0.25, -0.2) is 0 Å². The molecule has 18 heavy (non-hydrogen) atoms. The van der Waals surface area contributed by atoms with Crippen molar-refractivity contribution >= 4 is 34.2 Å². The lowest BCUT2D eigenvalue weighted by molar-refractivity contribution is -0.788. The molecule has 2 nitrogen and oxygen atoms in total. The van der Waals surface area contributed by atoms with Crippen molar-refractivity contribution in [3.8, 4) is 0 Å². The van der Waals surface area contributed by atoms with Gasteiger partial charge in [-0.1, -0.05) is 6.07 Å². The fourth-order valence-electron chi connectivity index (χ4n) is 1.75. The molecule has 0 amide bonds. The summed E-state index contributed by atoms with van der Waals surface area (Å²) < 4.78 is 1.73. The van der Waals surface area contributed by atoms with Crippen LogP contribution in [0.2, 0.25) is 5.02 Å². The lowest BCUT2D eigenvalue weighted by Crippen LogP contribution is -2.42. The SMILES string of the molecule is CC[N+](CC)(CC)SC(=S)Nc1cccc([Cl+])c1. The first kappa shape index (κ1) is 15.8. The summed E-state index contributed by atoms with van der Waals surface area (Å²) in [6.45, 7) is 9.78. The fourth-order valence-corrected chi connectivity index (χ4v) is 3.43. The molecule has 1 aromatic rings. The van der Waals surface area contributed by atoms with Crippen LogP contribution in [0.3, 0.4) is 0 Å². The van der Waals surface area contributed by atoms with E-state index in [2.05, 4.69) is 26.1 Å². The van der Waals surface area contributed by atoms with Crippen molar-refractivity contribution < 1.29 is 15.5 Å². The molecule has 0 heterocycles. The largest absolute Gasteiger partial charge is 0.523 e. The maximum atomic E-state index is 5.95. The number of quaternary nitrogens is 1. The van der Waals surface area contributed by atoms with Crippen LogP contribution in [0.5, 0.6) is 0 Å². The third-order valence-corrected chi connectivity index (χ3v) is 5.07. The first-order valence-corrected chi connectivity index (χ1v) is 7.73. The number of nitrogens with one attached hydrogen (secondary N) is 1. The molecule has 1 radical (unpaired) electrons. The Labute approximate surface area is 124 Å². The van der Waals surface area contributed by atoms with Gasteiger partial charge in [0.25, 0.3) is 0 Å². The van der Waals surface area contributed by atoms with Crippen molar-refractivity contribution in [3.05, 3.63) is 29.3 Å². The van der Waals surface area contributed by atoms with E-state index in [0.29, 0.717) is 0 Å². The number of nitrogens with zero attached hydrogens (tertiary/aromatic N) is 1. The van der Waals surface area contributed by atoms with Gasteiger partial charge in [-0.15, -0.1) is 0 Å². The minimum Gasteiger partial charge on any atom is -0.337 e. The predicted molar refractivity (Wildman–Crippen MR) is 81.3 cm³/mol. The Morgan fingerprint density at radius 2 is 1.89 bits per heavy atom. The van der Waals surface area contributed by atoms with Crippen LogP contribution in [0.25, 0.3) is 0 Å². The van der Waals surface area contributed by atoms with Crippen LogP contribution in [0.1, 0.15) is 20.8 Å². The molecule has 0 aliphatic rings. The highest BCUT2D eigenvalue weighted by molar-refractivity contribution is 8.19. The van der Waals surface area contributed by atoms with Crippen LogP contribution >= 0.6 is 24.2 Å². The van der Waals surface area contributed by atoms with E-state index in [1.165, 1.54) is 0 Å². The standard InChI is InChI=1S/C13H19ClN2S2/c1-4-16(5-2,6-3)18-13(17)15-12-9-7-8-11(14)10-12/h7-10H,4-6H2,1-3H3/q+1/p+1. The summed E-state index contributed by atoms with van der Waals surface area (Å²) in [6, 6.07) is 7.62. The van der Waals surface area contributed by atoms with Gasteiger partial charge in [-0.2, -0.15) is 0 Å². The summed E-state index contributed by atoms with van der Waals surface area (Å²) in [5.41, 5.74) is 0.946. The lowest BCUT2D eigenvalue weighted by Gasteiger charge is -2.32. The average Bonchev–Trinajstić information content (AvgIpc) is 2.36. The zero-order valence-electron chi connectivity index (χ0n) is 11.1. The number of hydrogen-bond acceptors (Lipinski definition) is 2. The Morgan fingerprint density at radius 1 is 1.28 bits per heavy atom. The average molecular weight is 304 g/mol. The lowest BCUT2D eigenvalue weighted by atomic mass is 10.3. The van der Waals surface area contributed by atoms with Gasteiger partial charge in [0.05, 0.1) is 19.6 Å². The third-order valence-electron chi connectivity index (χ3n) is 3.08. The molecule has 1 N–H and O–H groups in total. The number of anilines is 1. The second-order valence-electron chi connectivity index (χ2n) is 4.02. The van der Waals surface area contributed by atoms with Gasteiger partial charge in [0.1, 0.15) is 11.9 Å². The van der Waals surface area contributed by atoms with Crippen LogP contribution in [0.15, 0.2) is 24.3 Å². The Hall–Kier alpha value is -0.290. The zero-order valence-corrected chi connectivity index (χ0v) is 13.5. The monoisotopic (exact) mass is 303 g/mol. The summed E-state index contributed by atoms with van der Waals surface area (Å²) in [5, 5.41) is 3.95. The van der Waals surface area contributed by atoms with Crippen LogP contribution in [-0.4, -0.2) is 27.8 Å². The third kappa shape index (κ3) is 4.43. The molecule has 0 aliphatic carbocycles. The highest BCUT2D eigenvalue weighted by atomic mass is 35.5. The second-order valence-corrected chi connectivity index (χ2v) is 6.49. The van der Waals surface area contributed by atoms with Gasteiger partial charge in [0.2, 0.25) is 0 Å². The van der Waals surface area contributed by atoms with E-state index >= 15 is 0 Å². The molecule has 0 atom stereocenters. The first-order chi connectivity index (χ1) is 8.55. The van der Waals surface area contributed by atoms with Gasteiger partial charge >= 0.3 is 16.6 Å². The Balaban J connectivity index is 2.66. The van der Waals surface area contributed by atoms with Gasteiger partial charge in [-0.05, 0) is 39.1 Å². The molecule has 1 aromatic carbocycles. The van der Waals surface area contributed by atoms with E-state index in [-0.39, 0.29) is 0 Å². The zero-order chi connectivity index (χ0) is 13.6. The summed E-state index contributed by atoms with van der Waals surface area (Å²) >= 11 is 13.1. The molecule has 0 aromatic heterocycles. The molecular weight excluding hydrogens is 284 g/mol. The maximum Gasteiger partial charge on any atom is 0.523 e. The smallest absolute Gasteiger partial charge is 0.337 e. The van der Waals surface area contributed by atoms with Crippen molar-refractivity contribution in [1.82, 2.24) is 0 Å². The minimum absolute atomic E-state index is 0.718. The Kier molecular flexibility index (Phi) is 6.43. The molecule has 5 heteroatoms. The van der Waals surface area contributed by atoms with Gasteiger partial charge in [0, 0.05) is 17.8 Å². The summed E-state index contributed by atoms with van der Waals surface area (Å²) in [5.74, 6) is 0. The van der Waals surface area contributed by atoms with Gasteiger partial charge in [-0.3, -0.25) is 3.89 Å². The van der Waals surface area contributed by atoms with Crippen molar-refractivity contribution in [3.63, 3.8) is 0 Å². The number of thiocarbonyl (C=S) groups is 1. The Morgan fingerprint density at radius 3 is 2.39 bits per heavy atom. The van der Waals surface area contributed by atoms with Gasteiger partial charge < -0.3 is 5.32 Å². The molecule has 0 saturated heterocycles. The van der Waals surface area contributed by atoms with E-state index in [4.69, 9.17) is 23.8 Å². The second kappa shape index (κ2) is 7.34. The molecule has 0 bridgehead atoms. The molecule has 0 unspecified atom stereocenters. The van der Waals surface area contributed by atoms with Crippen LogP contribution in [-0.2, 0) is 0 Å². The van der Waals surface area contributed by atoms with Crippen molar-refractivity contribution in [2.45, 2.75) is 20.8 Å². The number of rotatable bonds is 5. The van der Waals surface area contributed by atoms with Crippen LogP contribution < -0.4 is 5.32 Å². The van der Waals surface area contributed by atoms with Crippen molar-refractivity contribution in [2.75, 3.05) is 25.0 Å². The molecular formula is C13H20ClN2S2+2. The van der Waals surface area contributed by atoms with E-state index in [1.54, 1.807) is 11.9 Å². The number of halogens is 1. The van der Waals surface area contributed by atoms with E-state index in [0.717, 1.165) is 38.6 Å². The molecule has 0 fully saturated rings. The van der Waals surface area contributed by atoms with E-state index < -0.39 is 0 Å². The summed E-state index contributed by atoms with van der Waals surface area (Å²) in [7, 11) is 0. The molecule has 0 saturated carbocycles. The molecule has 99 valence electrons. The van der Waals surface area contributed by atoms with E-state index in [9.17, 15) is 0 Å². The van der Waals surface area contributed by atoms with E-state index in [1.807, 2.05) is 24.3 Å². The van der Waals surface area contributed by atoms with Crippen LogP contribution in [0, 0.1) is 11.6 Å². The Bertz CT molecular complexity index is 397. The number of benzene rings is 1. The van der Waals surface area contributed by atoms with Crippen molar-refractivity contribution in [2.24, 2.45) is 0 Å². The highest BCUT2D eigenvalue weighted by Gasteiger charge is 2.25. The first-order valence-electron chi connectivity index (χ1n) is 6.17. The molecule has 0 aliphatic heterocycles. The fraction of sp³-hybridized carbons (Fsp3) is 0.462. The van der Waals surface area contributed by atoms with Crippen LogP contribution in [0.4, 0.5) is 5.69 Å². The van der Waals surface area contributed by atoms with Crippen molar-refractivity contribution in [1.29, 1.82) is 0 Å². The summed E-state index contributed by atoms with van der Waals surface area (Å²) in [4.78, 5) is 0. The number of hydrogen-bond donors (Lipinski definition) is 1. The molecule has 1 rings (SSSR count). The van der Waals surface area contributed by atoms with Gasteiger partial charge in [0.15, 0.2) is 4.32 Å². The quantitative estimate of drug-likeness (QED) is 0.504. The maximum absolute atomic E-state index is 5.95. The summed E-state index contributed by atoms with van der Waals surface area (Å²) in [6.07, 6.45) is 0. The normalized spacial score (nSPS) is 11.3. The predicted octanol–water partition coefficient (Wildman–Crippen LogP) is 3.87. The minimum atomic E-state index is 0.718. The molecule has 0 spiro atoms. The highest BCUT2D eigenvalue weighted by Crippen LogP contribution is 2.25.